The van der Waals surface area contributed by atoms with Crippen molar-refractivity contribution in [2.75, 3.05) is 0 Å². The fourth-order valence-corrected chi connectivity index (χ4v) is 3.31. The molecule has 0 unspecified atom stereocenters. The minimum atomic E-state index is -0.306. The predicted octanol–water partition coefficient (Wildman–Crippen LogP) is 4.87. The molecule has 0 N–H and O–H groups in total. The number of aromatic nitrogens is 2. The lowest BCUT2D eigenvalue weighted by Crippen LogP contribution is -2.15. The van der Waals surface area contributed by atoms with E-state index >= 15 is 0 Å². The highest BCUT2D eigenvalue weighted by Gasteiger charge is 2.19. The third-order valence-electron chi connectivity index (χ3n) is 3.16. The second kappa shape index (κ2) is 5.93. The Kier molecular flexibility index (Phi) is 4.14. The van der Waals surface area contributed by atoms with Crippen molar-refractivity contribution in [3.05, 3.63) is 39.3 Å². The first-order valence-corrected chi connectivity index (χ1v) is 8.32. The molecule has 2 aromatic carbocycles. The van der Waals surface area contributed by atoms with E-state index in [0.717, 1.165) is 15.5 Å². The summed E-state index contributed by atoms with van der Waals surface area (Å²) in [6.07, 6.45) is 0. The molecular weight excluding hydrogens is 412 g/mol. The van der Waals surface area contributed by atoms with Crippen molar-refractivity contribution in [1.82, 2.24) is 9.97 Å². The normalized spacial score (nSPS) is 11.3. The van der Waals surface area contributed by atoms with Gasteiger partial charge in [0.1, 0.15) is 11.0 Å². The van der Waals surface area contributed by atoms with Crippen LogP contribution in [-0.2, 0) is 4.79 Å². The van der Waals surface area contributed by atoms with Gasteiger partial charge in [0, 0.05) is 4.47 Å². The predicted molar refractivity (Wildman–Crippen MR) is 92.9 cm³/mol. The van der Waals surface area contributed by atoms with Crippen LogP contribution >= 0.6 is 31.9 Å². The van der Waals surface area contributed by atoms with Crippen LogP contribution in [0.3, 0.4) is 0 Å². The Bertz CT molecular complexity index is 894. The Labute approximate surface area is 144 Å². The highest BCUT2D eigenvalue weighted by Crippen LogP contribution is 2.37. The summed E-state index contributed by atoms with van der Waals surface area (Å²) in [7, 11) is 0. The smallest absolute Gasteiger partial charge is 0.313 e. The van der Waals surface area contributed by atoms with Crippen LogP contribution in [0.15, 0.2) is 39.3 Å². The first-order valence-electron chi connectivity index (χ1n) is 6.73. The maximum Gasteiger partial charge on any atom is 0.313 e. The molecule has 6 heteroatoms. The minimum Gasteiger partial charge on any atom is -0.423 e. The largest absolute Gasteiger partial charge is 0.423 e. The first-order chi connectivity index (χ1) is 10.5. The molecule has 0 aliphatic rings. The van der Waals surface area contributed by atoms with Crippen LogP contribution in [0.1, 0.15) is 13.8 Å². The van der Waals surface area contributed by atoms with E-state index in [1.165, 1.54) is 0 Å². The molecule has 3 rings (SSSR count). The number of esters is 1. The third kappa shape index (κ3) is 2.73. The van der Waals surface area contributed by atoms with Crippen LogP contribution in [0.2, 0.25) is 0 Å². The Morgan fingerprint density at radius 1 is 1.05 bits per heavy atom. The highest BCUT2D eigenvalue weighted by atomic mass is 79.9. The first kappa shape index (κ1) is 15.4. The number of halogens is 2. The Hall–Kier alpha value is -1.53. The molecule has 0 aliphatic carbocycles. The van der Waals surface area contributed by atoms with Crippen molar-refractivity contribution in [1.29, 1.82) is 0 Å². The summed E-state index contributed by atoms with van der Waals surface area (Å²) < 4.78 is 6.96. The molecule has 0 saturated heterocycles. The number of rotatable bonds is 2. The molecule has 22 heavy (non-hydrogen) atoms. The van der Waals surface area contributed by atoms with Gasteiger partial charge < -0.3 is 4.74 Å². The lowest BCUT2D eigenvalue weighted by Gasteiger charge is -2.12. The summed E-state index contributed by atoms with van der Waals surface area (Å²) in [5.74, 6) is -0.131. The quantitative estimate of drug-likeness (QED) is 0.335. The van der Waals surface area contributed by atoms with Crippen LogP contribution in [0.5, 0.6) is 5.75 Å². The SMILES string of the molecule is CC(C)C(=O)Oc1c(Br)cc(Br)c2nc3ccccc3nc12. The number of benzene rings is 2. The number of carbonyl (C=O) groups is 1. The molecule has 1 aromatic heterocycles. The maximum absolute atomic E-state index is 12.0. The van der Waals surface area contributed by atoms with Crippen molar-refractivity contribution in [2.45, 2.75) is 13.8 Å². The summed E-state index contributed by atoms with van der Waals surface area (Å²) in [5, 5.41) is 0. The van der Waals surface area contributed by atoms with Gasteiger partial charge in [0.05, 0.1) is 21.4 Å². The maximum atomic E-state index is 12.0. The van der Waals surface area contributed by atoms with Crippen molar-refractivity contribution in [3.8, 4) is 5.75 Å². The number of ether oxygens (including phenoxy) is 1. The number of fused-ring (bicyclic) bond motifs is 2. The average Bonchev–Trinajstić information content (AvgIpc) is 2.49. The molecule has 0 aliphatic heterocycles. The van der Waals surface area contributed by atoms with Gasteiger partial charge in [-0.1, -0.05) is 26.0 Å². The summed E-state index contributed by atoms with van der Waals surface area (Å²) in [6, 6.07) is 9.40. The third-order valence-corrected chi connectivity index (χ3v) is 4.35. The van der Waals surface area contributed by atoms with E-state index in [2.05, 4.69) is 41.8 Å². The molecule has 0 radical (unpaired) electrons. The number of hydrogen-bond acceptors (Lipinski definition) is 4. The Balaban J connectivity index is 2.30. The van der Waals surface area contributed by atoms with E-state index < -0.39 is 0 Å². The van der Waals surface area contributed by atoms with Gasteiger partial charge in [0.25, 0.3) is 0 Å². The zero-order chi connectivity index (χ0) is 15.9. The van der Waals surface area contributed by atoms with Gasteiger partial charge >= 0.3 is 5.97 Å². The molecule has 0 amide bonds. The fourth-order valence-electron chi connectivity index (χ4n) is 2.00. The van der Waals surface area contributed by atoms with E-state index in [1.54, 1.807) is 13.8 Å². The van der Waals surface area contributed by atoms with Crippen molar-refractivity contribution >= 4 is 59.9 Å². The molecule has 0 fully saturated rings. The molecular formula is C16H12Br2N2O2. The van der Waals surface area contributed by atoms with Crippen LogP contribution in [-0.4, -0.2) is 15.9 Å². The number of nitrogens with zero attached hydrogens (tertiary/aromatic N) is 2. The number of para-hydroxylation sites is 2. The Morgan fingerprint density at radius 2 is 1.64 bits per heavy atom. The summed E-state index contributed by atoms with van der Waals surface area (Å²) in [6.45, 7) is 3.58. The second-order valence-corrected chi connectivity index (χ2v) is 6.86. The lowest BCUT2D eigenvalue weighted by molar-refractivity contribution is -0.137. The standard InChI is InChI=1S/C16H12Br2N2O2/c1-8(2)16(21)22-15-10(18)7-9(17)13-14(15)20-12-6-4-3-5-11(12)19-13/h3-8H,1-2H3. The van der Waals surface area contributed by atoms with Crippen LogP contribution in [0.25, 0.3) is 22.1 Å². The van der Waals surface area contributed by atoms with Crippen LogP contribution in [0.4, 0.5) is 0 Å². The summed E-state index contributed by atoms with van der Waals surface area (Å²) in [5.41, 5.74) is 2.75. The minimum absolute atomic E-state index is 0.223. The highest BCUT2D eigenvalue weighted by molar-refractivity contribution is 9.11. The topological polar surface area (TPSA) is 52.1 Å². The van der Waals surface area contributed by atoms with Gasteiger partial charge in [-0.3, -0.25) is 4.79 Å². The van der Waals surface area contributed by atoms with Gasteiger partial charge in [-0.25, -0.2) is 9.97 Å². The molecule has 112 valence electrons. The van der Waals surface area contributed by atoms with Crippen LogP contribution in [0, 0.1) is 5.92 Å². The molecule has 0 atom stereocenters. The van der Waals surface area contributed by atoms with E-state index in [9.17, 15) is 4.79 Å². The average molecular weight is 424 g/mol. The molecule has 0 spiro atoms. The van der Waals surface area contributed by atoms with E-state index in [1.807, 2.05) is 30.3 Å². The Morgan fingerprint density at radius 3 is 2.23 bits per heavy atom. The van der Waals surface area contributed by atoms with Crippen LogP contribution < -0.4 is 4.74 Å². The van der Waals surface area contributed by atoms with Gasteiger partial charge in [0.2, 0.25) is 0 Å². The number of carbonyl (C=O) groups excluding carboxylic acids is 1. The zero-order valence-electron chi connectivity index (χ0n) is 11.9. The van der Waals surface area contributed by atoms with E-state index in [0.29, 0.717) is 21.3 Å². The zero-order valence-corrected chi connectivity index (χ0v) is 15.1. The monoisotopic (exact) mass is 422 g/mol. The van der Waals surface area contributed by atoms with Crippen molar-refractivity contribution in [3.63, 3.8) is 0 Å². The van der Waals surface area contributed by atoms with Gasteiger partial charge in [0.15, 0.2) is 5.75 Å². The number of hydrogen-bond donors (Lipinski definition) is 0. The van der Waals surface area contributed by atoms with E-state index in [-0.39, 0.29) is 11.9 Å². The van der Waals surface area contributed by atoms with E-state index in [4.69, 9.17) is 4.74 Å². The lowest BCUT2D eigenvalue weighted by atomic mass is 10.2. The second-order valence-electron chi connectivity index (χ2n) is 5.15. The molecule has 3 aromatic rings. The van der Waals surface area contributed by atoms with Gasteiger partial charge in [-0.05, 0) is 50.1 Å². The molecule has 0 saturated carbocycles. The summed E-state index contributed by atoms with van der Waals surface area (Å²) >= 11 is 6.92. The fraction of sp³-hybridized carbons (Fsp3) is 0.188. The van der Waals surface area contributed by atoms with Gasteiger partial charge in [-0.15, -0.1) is 0 Å². The molecule has 0 bridgehead atoms. The molecule has 4 nitrogen and oxygen atoms in total. The van der Waals surface area contributed by atoms with Crippen molar-refractivity contribution in [2.24, 2.45) is 5.92 Å². The summed E-state index contributed by atoms with van der Waals surface area (Å²) in [4.78, 5) is 21.2. The van der Waals surface area contributed by atoms with Gasteiger partial charge in [-0.2, -0.15) is 0 Å². The molecule has 1 heterocycles. The van der Waals surface area contributed by atoms with Crippen molar-refractivity contribution < 1.29 is 9.53 Å².